The molecule has 0 saturated heterocycles. The van der Waals surface area contributed by atoms with E-state index in [9.17, 15) is 4.79 Å². The Kier molecular flexibility index (Phi) is 2.57. The second kappa shape index (κ2) is 4.37. The molecular weight excluding hydrogens is 248 g/mol. The molecule has 19 heavy (non-hydrogen) atoms. The van der Waals surface area contributed by atoms with Gasteiger partial charge in [0, 0.05) is 11.6 Å². The highest BCUT2D eigenvalue weighted by Gasteiger charge is 2.12. The monoisotopic (exact) mass is 256 g/mol. The van der Waals surface area contributed by atoms with Gasteiger partial charge in [0.2, 0.25) is 0 Å². The van der Waals surface area contributed by atoms with Crippen molar-refractivity contribution in [2.75, 3.05) is 0 Å². The van der Waals surface area contributed by atoms with Crippen molar-refractivity contribution >= 4 is 5.97 Å². The molecule has 0 aliphatic heterocycles. The molecule has 0 atom stereocenters. The van der Waals surface area contributed by atoms with Crippen LogP contribution in [0.15, 0.2) is 47.2 Å². The predicted molar refractivity (Wildman–Crippen MR) is 63.8 cm³/mol. The van der Waals surface area contributed by atoms with Gasteiger partial charge in [-0.05, 0) is 24.3 Å². The minimum Gasteiger partial charge on any atom is -0.476 e. The van der Waals surface area contributed by atoms with Crippen LogP contribution in [-0.4, -0.2) is 31.2 Å². The first-order valence-corrected chi connectivity index (χ1v) is 5.41. The van der Waals surface area contributed by atoms with Gasteiger partial charge >= 0.3 is 5.97 Å². The molecule has 0 spiro atoms. The third-order valence-corrected chi connectivity index (χ3v) is 2.53. The largest absolute Gasteiger partial charge is 0.476 e. The van der Waals surface area contributed by atoms with E-state index in [2.05, 4.69) is 15.4 Å². The third-order valence-electron chi connectivity index (χ3n) is 2.53. The zero-order chi connectivity index (χ0) is 13.2. The van der Waals surface area contributed by atoms with E-state index in [4.69, 9.17) is 9.63 Å². The first-order valence-electron chi connectivity index (χ1n) is 5.41. The first-order chi connectivity index (χ1) is 9.24. The summed E-state index contributed by atoms with van der Waals surface area (Å²) in [5, 5.41) is 20.2. The zero-order valence-corrected chi connectivity index (χ0v) is 9.59. The molecular formula is C12H8N4O3. The lowest BCUT2D eigenvalue weighted by Gasteiger charge is -2.00. The Bertz CT molecular complexity index is 701. The second-order valence-corrected chi connectivity index (χ2v) is 3.75. The van der Waals surface area contributed by atoms with Crippen molar-refractivity contribution in [1.82, 2.24) is 20.2 Å². The fraction of sp³-hybridized carbons (Fsp3) is 0. The number of benzene rings is 1. The van der Waals surface area contributed by atoms with Gasteiger partial charge in [-0.25, -0.2) is 4.79 Å². The van der Waals surface area contributed by atoms with Crippen LogP contribution >= 0.6 is 0 Å². The number of aromatic nitrogens is 4. The summed E-state index contributed by atoms with van der Waals surface area (Å²) in [4.78, 5) is 12.2. The van der Waals surface area contributed by atoms with Crippen molar-refractivity contribution in [1.29, 1.82) is 0 Å². The van der Waals surface area contributed by atoms with Gasteiger partial charge in [0.15, 0.2) is 11.5 Å². The summed E-state index contributed by atoms with van der Waals surface area (Å²) < 4.78 is 4.97. The lowest BCUT2D eigenvalue weighted by molar-refractivity contribution is 0.0686. The Balaban J connectivity index is 1.91. The third kappa shape index (κ3) is 2.08. The summed E-state index contributed by atoms with van der Waals surface area (Å²) in [5.41, 5.74) is 1.41. The van der Waals surface area contributed by atoms with Gasteiger partial charge in [0.05, 0.1) is 18.1 Å². The molecule has 0 saturated carbocycles. The molecule has 0 aliphatic rings. The maximum atomic E-state index is 10.7. The highest BCUT2D eigenvalue weighted by Crippen LogP contribution is 2.21. The number of carboxylic acids is 1. The summed E-state index contributed by atoms with van der Waals surface area (Å²) >= 11 is 0. The van der Waals surface area contributed by atoms with Crippen LogP contribution < -0.4 is 0 Å². The second-order valence-electron chi connectivity index (χ2n) is 3.75. The van der Waals surface area contributed by atoms with Crippen LogP contribution in [0.5, 0.6) is 0 Å². The predicted octanol–water partition coefficient (Wildman–Crippen LogP) is 1.62. The SMILES string of the molecule is O=C(O)c1cc(-c2ccc(-n3nccn3)cc2)on1. The van der Waals surface area contributed by atoms with E-state index in [-0.39, 0.29) is 5.69 Å². The minimum atomic E-state index is -1.12. The van der Waals surface area contributed by atoms with Crippen LogP contribution in [0.2, 0.25) is 0 Å². The van der Waals surface area contributed by atoms with Crippen LogP contribution in [0.1, 0.15) is 10.5 Å². The van der Waals surface area contributed by atoms with E-state index in [0.29, 0.717) is 5.76 Å². The number of hydrogen-bond donors (Lipinski definition) is 1. The van der Waals surface area contributed by atoms with Crippen molar-refractivity contribution in [3.63, 3.8) is 0 Å². The number of aromatic carboxylic acids is 1. The normalized spacial score (nSPS) is 10.5. The van der Waals surface area contributed by atoms with E-state index in [1.165, 1.54) is 10.9 Å². The van der Waals surface area contributed by atoms with Gasteiger partial charge in [-0.2, -0.15) is 15.0 Å². The summed E-state index contributed by atoms with van der Waals surface area (Å²) in [7, 11) is 0. The van der Waals surface area contributed by atoms with Crippen LogP contribution in [0.25, 0.3) is 17.0 Å². The van der Waals surface area contributed by atoms with Gasteiger partial charge in [-0.1, -0.05) is 5.16 Å². The van der Waals surface area contributed by atoms with E-state index >= 15 is 0 Å². The molecule has 7 heteroatoms. The Labute approximate surface area is 107 Å². The van der Waals surface area contributed by atoms with Gasteiger partial charge in [-0.15, -0.1) is 0 Å². The molecule has 7 nitrogen and oxygen atoms in total. The Hall–Kier alpha value is -2.96. The number of hydrogen-bond acceptors (Lipinski definition) is 5. The van der Waals surface area contributed by atoms with Crippen molar-refractivity contribution in [3.05, 3.63) is 48.4 Å². The topological polar surface area (TPSA) is 94.0 Å². The summed E-state index contributed by atoms with van der Waals surface area (Å²) in [6.07, 6.45) is 3.17. The van der Waals surface area contributed by atoms with Gasteiger partial charge < -0.3 is 9.63 Å². The lowest BCUT2D eigenvalue weighted by Crippen LogP contribution is -1.97. The van der Waals surface area contributed by atoms with Crippen molar-refractivity contribution < 1.29 is 14.4 Å². The molecule has 2 heterocycles. The van der Waals surface area contributed by atoms with Crippen LogP contribution in [0, 0.1) is 0 Å². The molecule has 1 N–H and O–H groups in total. The number of nitrogens with zero attached hydrogens (tertiary/aromatic N) is 4. The Morgan fingerprint density at radius 1 is 1.16 bits per heavy atom. The van der Waals surface area contributed by atoms with Gasteiger partial charge in [-0.3, -0.25) is 0 Å². The quantitative estimate of drug-likeness (QED) is 0.765. The summed E-state index contributed by atoms with van der Waals surface area (Å²) in [5.74, 6) is -0.718. The number of carbonyl (C=O) groups is 1. The van der Waals surface area contributed by atoms with Crippen molar-refractivity contribution in [3.8, 4) is 17.0 Å². The summed E-state index contributed by atoms with van der Waals surface area (Å²) in [6.45, 7) is 0. The Morgan fingerprint density at radius 3 is 2.42 bits per heavy atom. The van der Waals surface area contributed by atoms with Crippen molar-refractivity contribution in [2.45, 2.75) is 0 Å². The molecule has 0 unspecified atom stereocenters. The standard InChI is InChI=1S/C12H8N4O3/c17-12(18)10-7-11(19-15-10)8-1-3-9(4-2-8)16-13-5-6-14-16/h1-7H,(H,17,18). The van der Waals surface area contributed by atoms with Crippen LogP contribution in [-0.2, 0) is 0 Å². The smallest absolute Gasteiger partial charge is 0.358 e. The maximum Gasteiger partial charge on any atom is 0.358 e. The van der Waals surface area contributed by atoms with Gasteiger partial charge in [0.25, 0.3) is 0 Å². The van der Waals surface area contributed by atoms with E-state index in [0.717, 1.165) is 11.3 Å². The summed E-state index contributed by atoms with van der Waals surface area (Å²) in [6, 6.07) is 8.55. The maximum absolute atomic E-state index is 10.7. The average molecular weight is 256 g/mol. The molecule has 2 aromatic heterocycles. The van der Waals surface area contributed by atoms with Crippen molar-refractivity contribution in [2.24, 2.45) is 0 Å². The first kappa shape index (κ1) is 11.1. The number of rotatable bonds is 3. The lowest BCUT2D eigenvalue weighted by atomic mass is 10.1. The van der Waals surface area contributed by atoms with Gasteiger partial charge in [0.1, 0.15) is 0 Å². The molecule has 0 bridgehead atoms. The Morgan fingerprint density at radius 2 is 1.84 bits per heavy atom. The average Bonchev–Trinajstić information content (AvgIpc) is 3.11. The van der Waals surface area contributed by atoms with Crippen LogP contribution in [0.3, 0.4) is 0 Å². The van der Waals surface area contributed by atoms with E-state index in [1.54, 1.807) is 36.7 Å². The number of carboxylic acid groups (broad SMARTS) is 1. The molecule has 94 valence electrons. The van der Waals surface area contributed by atoms with Crippen LogP contribution in [0.4, 0.5) is 0 Å². The highest BCUT2D eigenvalue weighted by molar-refractivity contribution is 5.86. The molecule has 0 aliphatic carbocycles. The minimum absolute atomic E-state index is 0.118. The fourth-order valence-electron chi connectivity index (χ4n) is 1.62. The fourth-order valence-corrected chi connectivity index (χ4v) is 1.62. The molecule has 0 radical (unpaired) electrons. The van der Waals surface area contributed by atoms with E-state index < -0.39 is 5.97 Å². The molecule has 3 aromatic rings. The molecule has 1 aromatic carbocycles. The highest BCUT2D eigenvalue weighted by atomic mass is 16.5. The zero-order valence-electron chi connectivity index (χ0n) is 9.59. The molecule has 0 fully saturated rings. The van der Waals surface area contributed by atoms with E-state index in [1.807, 2.05) is 0 Å². The molecule has 0 amide bonds. The molecule has 3 rings (SSSR count).